The molecule has 0 saturated carbocycles. The molecule has 246 valence electrons. The number of sulfonamides is 1. The molecule has 2 aliphatic heterocycles. The largest absolute Gasteiger partial charge is 0.492 e. The molecule has 0 amide bonds. The Labute approximate surface area is 250 Å². The Bertz CT molecular complexity index is 1320. The molecule has 0 aliphatic carbocycles. The second-order valence-corrected chi connectivity index (χ2v) is 12.6. The predicted molar refractivity (Wildman–Crippen MR) is 144 cm³/mol. The van der Waals surface area contributed by atoms with Crippen LogP contribution in [0.2, 0.25) is 0 Å². The fourth-order valence-electron chi connectivity index (χ4n) is 4.46. The van der Waals surface area contributed by atoms with Gasteiger partial charge in [0, 0.05) is 37.4 Å². The maximum atomic E-state index is 13.5. The maximum absolute atomic E-state index is 13.5. The smallest absolute Gasteiger partial charge is 0.490 e. The number of aromatic nitrogens is 1. The van der Waals surface area contributed by atoms with E-state index in [4.69, 9.17) is 24.5 Å². The lowest BCUT2D eigenvalue weighted by Gasteiger charge is -2.45. The van der Waals surface area contributed by atoms with E-state index >= 15 is 0 Å². The molecule has 17 heteroatoms. The van der Waals surface area contributed by atoms with Crippen LogP contribution in [0.15, 0.2) is 53.7 Å². The van der Waals surface area contributed by atoms with Crippen LogP contribution in [0.1, 0.15) is 32.3 Å². The molecule has 0 unspecified atom stereocenters. The van der Waals surface area contributed by atoms with Crippen LogP contribution in [0.25, 0.3) is 0 Å². The second-order valence-electron chi connectivity index (χ2n) is 10.7. The SMILES string of the molecule is CC(C)CN1CC2(CCN(Cc3cccnc3)CC2)COc2ccccc2S1(=O)=O.O=C(O)C(F)(F)F.O=C(O)C(F)(F)F. The number of para-hydroxylation sites is 1. The van der Waals surface area contributed by atoms with E-state index in [2.05, 4.69) is 29.8 Å². The molecule has 0 radical (unpaired) electrons. The van der Waals surface area contributed by atoms with Crippen LogP contribution in [-0.4, -0.2) is 89.9 Å². The lowest BCUT2D eigenvalue weighted by Crippen LogP contribution is -2.52. The van der Waals surface area contributed by atoms with Crippen molar-refractivity contribution in [2.24, 2.45) is 11.3 Å². The zero-order chi connectivity index (χ0) is 33.3. The van der Waals surface area contributed by atoms with Gasteiger partial charge < -0.3 is 14.9 Å². The molecule has 44 heavy (non-hydrogen) atoms. The molecule has 0 atom stereocenters. The minimum atomic E-state index is -5.08. The number of nitrogens with zero attached hydrogens (tertiary/aromatic N) is 3. The van der Waals surface area contributed by atoms with Gasteiger partial charge in [-0.05, 0) is 55.6 Å². The van der Waals surface area contributed by atoms with Gasteiger partial charge in [-0.2, -0.15) is 30.6 Å². The van der Waals surface area contributed by atoms with Crippen molar-refractivity contribution < 1.29 is 59.3 Å². The average Bonchev–Trinajstić information content (AvgIpc) is 2.92. The molecule has 0 bridgehead atoms. The van der Waals surface area contributed by atoms with E-state index in [-0.39, 0.29) is 16.2 Å². The summed E-state index contributed by atoms with van der Waals surface area (Å²) in [6, 6.07) is 11.1. The summed E-state index contributed by atoms with van der Waals surface area (Å²) in [5.74, 6) is -4.78. The number of benzene rings is 1. The number of carboxylic acid groups (broad SMARTS) is 2. The van der Waals surface area contributed by atoms with E-state index < -0.39 is 34.3 Å². The number of carbonyl (C=O) groups is 2. The van der Waals surface area contributed by atoms with Crippen molar-refractivity contribution in [3.8, 4) is 5.75 Å². The Kier molecular flexibility index (Phi) is 12.6. The first kappa shape index (κ1) is 36.8. The third-order valence-corrected chi connectivity index (χ3v) is 8.46. The number of piperidine rings is 1. The monoisotopic (exact) mass is 657 g/mol. The Morgan fingerprint density at radius 2 is 1.52 bits per heavy atom. The predicted octanol–water partition coefficient (Wildman–Crippen LogP) is 4.67. The third kappa shape index (κ3) is 10.9. The molecule has 1 saturated heterocycles. The Balaban J connectivity index is 0.000000402. The molecule has 4 rings (SSSR count). The lowest BCUT2D eigenvalue weighted by molar-refractivity contribution is -0.193. The van der Waals surface area contributed by atoms with Gasteiger partial charge in [-0.1, -0.05) is 32.0 Å². The van der Waals surface area contributed by atoms with Gasteiger partial charge >= 0.3 is 24.3 Å². The van der Waals surface area contributed by atoms with Crippen LogP contribution in [0.3, 0.4) is 0 Å². The van der Waals surface area contributed by atoms with Crippen molar-refractivity contribution in [3.05, 3.63) is 54.4 Å². The van der Waals surface area contributed by atoms with Crippen LogP contribution in [0.4, 0.5) is 26.3 Å². The zero-order valence-electron chi connectivity index (χ0n) is 23.8. The summed E-state index contributed by atoms with van der Waals surface area (Å²) in [7, 11) is -3.59. The Morgan fingerprint density at radius 3 is 2.00 bits per heavy atom. The lowest BCUT2D eigenvalue weighted by atomic mass is 9.78. The van der Waals surface area contributed by atoms with Crippen molar-refractivity contribution in [1.82, 2.24) is 14.2 Å². The molecular formula is C27H33F6N3O7S. The van der Waals surface area contributed by atoms with Crippen LogP contribution in [-0.2, 0) is 26.2 Å². The topological polar surface area (TPSA) is 137 Å². The number of hydrogen-bond acceptors (Lipinski definition) is 7. The van der Waals surface area contributed by atoms with Crippen molar-refractivity contribution in [2.75, 3.05) is 32.8 Å². The number of ether oxygens (including phenoxy) is 1. The van der Waals surface area contributed by atoms with Crippen LogP contribution in [0, 0.1) is 11.3 Å². The van der Waals surface area contributed by atoms with Gasteiger partial charge in [0.1, 0.15) is 10.6 Å². The summed E-state index contributed by atoms with van der Waals surface area (Å²) >= 11 is 0. The minimum absolute atomic E-state index is 0.166. The Hall–Kier alpha value is -3.44. The van der Waals surface area contributed by atoms with E-state index in [1.165, 1.54) is 5.56 Å². The number of carboxylic acids is 2. The normalized spacial score (nSPS) is 18.3. The highest BCUT2D eigenvalue weighted by molar-refractivity contribution is 7.89. The van der Waals surface area contributed by atoms with Gasteiger partial charge in [-0.3, -0.25) is 9.88 Å². The first-order valence-electron chi connectivity index (χ1n) is 13.2. The molecule has 1 spiro atoms. The van der Waals surface area contributed by atoms with Gasteiger partial charge in [0.2, 0.25) is 10.0 Å². The van der Waals surface area contributed by atoms with Crippen LogP contribution >= 0.6 is 0 Å². The van der Waals surface area contributed by atoms with Crippen molar-refractivity contribution in [2.45, 2.75) is 50.5 Å². The molecule has 2 N–H and O–H groups in total. The second kappa shape index (κ2) is 15.0. The summed E-state index contributed by atoms with van der Waals surface area (Å²) in [4.78, 5) is 24.7. The Morgan fingerprint density at radius 1 is 0.977 bits per heavy atom. The third-order valence-electron chi connectivity index (χ3n) is 6.61. The van der Waals surface area contributed by atoms with Gasteiger partial charge in [-0.15, -0.1) is 0 Å². The fourth-order valence-corrected chi connectivity index (χ4v) is 6.31. The number of pyridine rings is 1. The highest BCUT2D eigenvalue weighted by Gasteiger charge is 2.43. The number of fused-ring (bicyclic) bond motifs is 1. The van der Waals surface area contributed by atoms with E-state index in [0.29, 0.717) is 25.4 Å². The molecular weight excluding hydrogens is 624 g/mol. The van der Waals surface area contributed by atoms with Gasteiger partial charge in [0.15, 0.2) is 0 Å². The molecule has 3 heterocycles. The molecule has 2 aromatic rings. The molecule has 10 nitrogen and oxygen atoms in total. The minimum Gasteiger partial charge on any atom is -0.492 e. The quantitative estimate of drug-likeness (QED) is 0.450. The number of halogens is 6. The van der Waals surface area contributed by atoms with Gasteiger partial charge in [-0.25, -0.2) is 18.0 Å². The van der Waals surface area contributed by atoms with Gasteiger partial charge in [0.05, 0.1) is 6.61 Å². The number of aliphatic carboxylic acids is 2. The highest BCUT2D eigenvalue weighted by Crippen LogP contribution is 2.39. The number of rotatable bonds is 4. The van der Waals surface area contributed by atoms with Crippen molar-refractivity contribution in [1.29, 1.82) is 0 Å². The maximum Gasteiger partial charge on any atom is 0.490 e. The van der Waals surface area contributed by atoms with Crippen molar-refractivity contribution in [3.63, 3.8) is 0 Å². The first-order valence-corrected chi connectivity index (χ1v) is 14.6. The van der Waals surface area contributed by atoms with Gasteiger partial charge in [0.25, 0.3) is 0 Å². The average molecular weight is 658 g/mol. The summed E-state index contributed by atoms with van der Waals surface area (Å²) < 4.78 is 98.3. The number of likely N-dealkylation sites (tertiary alicyclic amines) is 1. The molecule has 2 aliphatic rings. The summed E-state index contributed by atoms with van der Waals surface area (Å²) in [6.07, 6.45) is -4.63. The number of hydrogen-bond donors (Lipinski definition) is 2. The standard InChI is InChI=1S/C23H31N3O3S.2C2HF3O2/c1-19(2)15-26-17-23(18-29-21-7-3-4-8-22(21)30(26,27)28)9-12-25(13-10-23)16-20-6-5-11-24-14-20;2*3-2(4,5)1(6)7/h3-8,11,14,19H,9-10,12-13,15-18H2,1-2H3;2*(H,6,7). The molecule has 1 fully saturated rings. The van der Waals surface area contributed by atoms with E-state index in [1.54, 1.807) is 28.7 Å². The number of alkyl halides is 6. The first-order chi connectivity index (χ1) is 20.3. The van der Waals surface area contributed by atoms with Crippen LogP contribution < -0.4 is 4.74 Å². The van der Waals surface area contributed by atoms with Crippen LogP contribution in [0.5, 0.6) is 5.75 Å². The van der Waals surface area contributed by atoms with E-state index in [0.717, 1.165) is 32.5 Å². The summed E-state index contributed by atoms with van der Waals surface area (Å²) in [5.41, 5.74) is 1.04. The zero-order valence-corrected chi connectivity index (χ0v) is 24.6. The molecule has 1 aromatic carbocycles. The highest BCUT2D eigenvalue weighted by atomic mass is 32.2. The summed E-state index contributed by atoms with van der Waals surface area (Å²) in [5, 5.41) is 14.2. The van der Waals surface area contributed by atoms with E-state index in [9.17, 15) is 34.8 Å². The van der Waals surface area contributed by atoms with Crippen molar-refractivity contribution >= 4 is 22.0 Å². The fraction of sp³-hybridized carbons (Fsp3) is 0.519. The van der Waals surface area contributed by atoms with E-state index in [1.807, 2.05) is 18.3 Å². The summed E-state index contributed by atoms with van der Waals surface area (Å²) in [6.45, 7) is 8.46. The molecule has 1 aromatic heterocycles.